The molecule has 3 nitrogen and oxygen atoms in total. The third-order valence-electron chi connectivity index (χ3n) is 3.22. The van der Waals surface area contributed by atoms with Crippen LogP contribution in [0, 0.1) is 5.82 Å². The summed E-state index contributed by atoms with van der Waals surface area (Å²) in [7, 11) is 0. The van der Waals surface area contributed by atoms with Gasteiger partial charge in [-0.05, 0) is 37.6 Å². The van der Waals surface area contributed by atoms with Crippen LogP contribution in [-0.4, -0.2) is 37.4 Å². The second-order valence-electron chi connectivity index (χ2n) is 4.56. The van der Waals surface area contributed by atoms with Crippen molar-refractivity contribution in [2.75, 3.05) is 31.1 Å². The largest absolute Gasteiger partial charge is 0.396 e. The lowest BCUT2D eigenvalue weighted by Gasteiger charge is -2.19. The number of halogens is 2. The van der Waals surface area contributed by atoms with E-state index >= 15 is 0 Å². The smallest absolute Gasteiger partial charge is 0.141 e. The molecule has 0 spiro atoms. The average Bonchev–Trinajstić information content (AvgIpc) is 2.82. The minimum Gasteiger partial charge on any atom is -0.396 e. The summed E-state index contributed by atoms with van der Waals surface area (Å²) in [4.78, 5) is 2.20. The van der Waals surface area contributed by atoms with Crippen molar-refractivity contribution in [3.8, 4) is 0 Å². The minimum atomic E-state index is -0.378. The average molecular weight is 273 g/mol. The maximum absolute atomic E-state index is 13.1. The van der Waals surface area contributed by atoms with Crippen molar-refractivity contribution in [1.82, 2.24) is 5.32 Å². The zero-order valence-electron chi connectivity index (χ0n) is 10.2. The molecule has 100 valence electrons. The third-order valence-corrected chi connectivity index (χ3v) is 3.51. The molecule has 0 saturated carbocycles. The number of rotatable bonds is 5. The van der Waals surface area contributed by atoms with E-state index in [9.17, 15) is 4.39 Å². The molecule has 1 heterocycles. The molecule has 0 aromatic heterocycles. The molecule has 2 rings (SSSR count). The maximum atomic E-state index is 13.1. The fourth-order valence-corrected chi connectivity index (χ4v) is 2.40. The lowest BCUT2D eigenvalue weighted by atomic mass is 10.2. The molecule has 18 heavy (non-hydrogen) atoms. The van der Waals surface area contributed by atoms with Gasteiger partial charge in [0.1, 0.15) is 5.82 Å². The van der Waals surface area contributed by atoms with Crippen molar-refractivity contribution in [3.63, 3.8) is 0 Å². The maximum Gasteiger partial charge on any atom is 0.141 e. The first kappa shape index (κ1) is 13.6. The molecule has 2 N–H and O–H groups in total. The molecule has 0 amide bonds. The van der Waals surface area contributed by atoms with Gasteiger partial charge >= 0.3 is 0 Å². The highest BCUT2D eigenvalue weighted by Gasteiger charge is 2.22. The van der Waals surface area contributed by atoms with Crippen molar-refractivity contribution >= 4 is 17.3 Å². The van der Waals surface area contributed by atoms with E-state index in [1.165, 1.54) is 6.07 Å². The SMILES string of the molecule is OCCCNC1CCN(c2ccc(F)c(Cl)c2)C1. The molecule has 1 atom stereocenters. The van der Waals surface area contributed by atoms with Crippen LogP contribution in [0.25, 0.3) is 0 Å². The van der Waals surface area contributed by atoms with Crippen molar-refractivity contribution in [2.24, 2.45) is 0 Å². The Morgan fingerprint density at radius 1 is 1.50 bits per heavy atom. The van der Waals surface area contributed by atoms with Crippen LogP contribution in [0.2, 0.25) is 5.02 Å². The second kappa shape index (κ2) is 6.36. The molecular formula is C13H18ClFN2O. The van der Waals surface area contributed by atoms with E-state index in [1.54, 1.807) is 12.1 Å². The fraction of sp³-hybridized carbons (Fsp3) is 0.538. The van der Waals surface area contributed by atoms with Gasteiger partial charge in [0.05, 0.1) is 5.02 Å². The van der Waals surface area contributed by atoms with Crippen LogP contribution in [0.1, 0.15) is 12.8 Å². The highest BCUT2D eigenvalue weighted by Crippen LogP contribution is 2.25. The molecule has 1 aliphatic rings. The molecule has 0 radical (unpaired) electrons. The Kier molecular flexibility index (Phi) is 4.80. The molecule has 1 fully saturated rings. The number of hydrogen-bond acceptors (Lipinski definition) is 3. The number of benzene rings is 1. The Morgan fingerprint density at radius 3 is 3.06 bits per heavy atom. The summed E-state index contributed by atoms with van der Waals surface area (Å²) in [6.07, 6.45) is 1.83. The van der Waals surface area contributed by atoms with Crippen LogP contribution >= 0.6 is 11.6 Å². The number of nitrogens with one attached hydrogen (secondary N) is 1. The third kappa shape index (κ3) is 3.34. The van der Waals surface area contributed by atoms with Gasteiger partial charge in [-0.1, -0.05) is 11.6 Å². The van der Waals surface area contributed by atoms with Gasteiger partial charge in [-0.25, -0.2) is 4.39 Å². The normalized spacial score (nSPS) is 19.5. The summed E-state index contributed by atoms with van der Waals surface area (Å²) in [5, 5.41) is 12.3. The first-order valence-electron chi connectivity index (χ1n) is 6.25. The van der Waals surface area contributed by atoms with Gasteiger partial charge in [0, 0.05) is 31.4 Å². The van der Waals surface area contributed by atoms with Crippen LogP contribution in [-0.2, 0) is 0 Å². The summed E-state index contributed by atoms with van der Waals surface area (Å²) in [6.45, 7) is 2.89. The molecule has 5 heteroatoms. The summed E-state index contributed by atoms with van der Waals surface area (Å²) in [5.74, 6) is -0.378. The van der Waals surface area contributed by atoms with E-state index in [1.807, 2.05) is 0 Å². The van der Waals surface area contributed by atoms with E-state index in [0.29, 0.717) is 6.04 Å². The first-order chi connectivity index (χ1) is 8.70. The fourth-order valence-electron chi connectivity index (χ4n) is 2.23. The summed E-state index contributed by atoms with van der Waals surface area (Å²) >= 11 is 5.79. The van der Waals surface area contributed by atoms with Crippen LogP contribution < -0.4 is 10.2 Å². The molecule has 0 bridgehead atoms. The van der Waals surface area contributed by atoms with Crippen LogP contribution in [0.5, 0.6) is 0 Å². The number of aliphatic hydroxyl groups excluding tert-OH is 1. The van der Waals surface area contributed by atoms with Gasteiger partial charge in [0.15, 0.2) is 0 Å². The predicted octanol–water partition coefficient (Wildman–Crippen LogP) is 2.03. The summed E-state index contributed by atoms with van der Waals surface area (Å²) < 4.78 is 13.1. The number of anilines is 1. The van der Waals surface area contributed by atoms with E-state index in [-0.39, 0.29) is 17.4 Å². The molecular weight excluding hydrogens is 255 g/mol. The quantitative estimate of drug-likeness (QED) is 0.805. The Labute approximate surface area is 112 Å². The molecule has 0 aliphatic carbocycles. The van der Waals surface area contributed by atoms with Gasteiger partial charge in [0.25, 0.3) is 0 Å². The van der Waals surface area contributed by atoms with Crippen LogP contribution in [0.15, 0.2) is 18.2 Å². The molecule has 1 saturated heterocycles. The van der Waals surface area contributed by atoms with Gasteiger partial charge in [-0.15, -0.1) is 0 Å². The number of aliphatic hydroxyl groups is 1. The Hall–Kier alpha value is -0.840. The zero-order valence-corrected chi connectivity index (χ0v) is 11.0. The highest BCUT2D eigenvalue weighted by molar-refractivity contribution is 6.31. The van der Waals surface area contributed by atoms with E-state index < -0.39 is 0 Å². The van der Waals surface area contributed by atoms with Crippen molar-refractivity contribution in [2.45, 2.75) is 18.9 Å². The van der Waals surface area contributed by atoms with Gasteiger partial charge < -0.3 is 15.3 Å². The second-order valence-corrected chi connectivity index (χ2v) is 4.97. The molecule has 1 aliphatic heterocycles. The minimum absolute atomic E-state index is 0.171. The Morgan fingerprint density at radius 2 is 2.33 bits per heavy atom. The van der Waals surface area contributed by atoms with Gasteiger partial charge in [-0.3, -0.25) is 0 Å². The van der Waals surface area contributed by atoms with Crippen molar-refractivity contribution < 1.29 is 9.50 Å². The number of hydrogen-bond donors (Lipinski definition) is 2. The molecule has 1 unspecified atom stereocenters. The predicted molar refractivity (Wildman–Crippen MR) is 71.7 cm³/mol. The highest BCUT2D eigenvalue weighted by atomic mass is 35.5. The van der Waals surface area contributed by atoms with Crippen LogP contribution in [0.3, 0.4) is 0 Å². The van der Waals surface area contributed by atoms with E-state index in [4.69, 9.17) is 16.7 Å². The molecule has 1 aromatic carbocycles. The Bertz CT molecular complexity index is 403. The van der Waals surface area contributed by atoms with E-state index in [2.05, 4.69) is 10.2 Å². The standard InChI is InChI=1S/C13H18ClFN2O/c14-12-8-11(2-3-13(12)15)17-6-4-10(9-17)16-5-1-7-18/h2-3,8,10,16,18H,1,4-7,9H2. The summed E-state index contributed by atoms with van der Waals surface area (Å²) in [5.41, 5.74) is 0.966. The monoisotopic (exact) mass is 272 g/mol. The summed E-state index contributed by atoms with van der Waals surface area (Å²) in [6, 6.07) is 5.27. The Balaban J connectivity index is 1.89. The topological polar surface area (TPSA) is 35.5 Å². The lowest BCUT2D eigenvalue weighted by Crippen LogP contribution is -2.33. The van der Waals surface area contributed by atoms with Crippen molar-refractivity contribution in [3.05, 3.63) is 29.0 Å². The molecule has 1 aromatic rings. The van der Waals surface area contributed by atoms with Crippen LogP contribution in [0.4, 0.5) is 10.1 Å². The van der Waals surface area contributed by atoms with Gasteiger partial charge in [-0.2, -0.15) is 0 Å². The van der Waals surface area contributed by atoms with E-state index in [0.717, 1.165) is 38.2 Å². The lowest BCUT2D eigenvalue weighted by molar-refractivity contribution is 0.284. The van der Waals surface area contributed by atoms with Crippen molar-refractivity contribution in [1.29, 1.82) is 0 Å². The van der Waals surface area contributed by atoms with Gasteiger partial charge in [0.2, 0.25) is 0 Å². The number of nitrogens with zero attached hydrogens (tertiary/aromatic N) is 1. The first-order valence-corrected chi connectivity index (χ1v) is 6.62. The zero-order chi connectivity index (χ0) is 13.0.